The molecule has 0 radical (unpaired) electrons. The van der Waals surface area contributed by atoms with E-state index in [1.807, 2.05) is 13.0 Å². The van der Waals surface area contributed by atoms with Crippen molar-refractivity contribution in [2.45, 2.75) is 16.8 Å². The zero-order valence-corrected chi connectivity index (χ0v) is 16.3. The van der Waals surface area contributed by atoms with E-state index in [1.165, 1.54) is 12.1 Å². The molecule has 0 spiro atoms. The molecule has 0 bridgehead atoms. The Hall–Kier alpha value is -2.78. The van der Waals surface area contributed by atoms with Gasteiger partial charge in [0.2, 0.25) is 0 Å². The maximum absolute atomic E-state index is 12.4. The normalized spacial score (nSPS) is 11.9. The monoisotopic (exact) mass is 403 g/mol. The number of nitrogens with zero attached hydrogens (tertiary/aromatic N) is 2. The van der Waals surface area contributed by atoms with Crippen LogP contribution in [0.15, 0.2) is 70.6 Å². The van der Waals surface area contributed by atoms with Crippen molar-refractivity contribution in [1.29, 1.82) is 0 Å². The Morgan fingerprint density at radius 2 is 1.56 bits per heavy atom. The molecule has 0 saturated carbocycles. The van der Waals surface area contributed by atoms with Crippen LogP contribution in [-0.2, 0) is 19.9 Å². The molecule has 0 saturated heterocycles. The molecule has 1 heterocycles. The third kappa shape index (κ3) is 4.50. The first-order chi connectivity index (χ1) is 12.6. The number of sulfone groups is 1. The summed E-state index contributed by atoms with van der Waals surface area (Å²) in [4.78, 5) is 0.189. The minimum Gasteiger partial charge on any atom is -0.280 e. The van der Waals surface area contributed by atoms with Gasteiger partial charge in [-0.05, 0) is 48.9 Å². The first kappa shape index (κ1) is 19.0. The lowest BCUT2D eigenvalue weighted by atomic mass is 10.1. The predicted octanol–water partition coefficient (Wildman–Crippen LogP) is 2.66. The largest absolute Gasteiger partial charge is 0.280 e. The molecule has 140 valence electrons. The Labute approximate surface area is 158 Å². The molecule has 3 rings (SSSR count). The van der Waals surface area contributed by atoms with Crippen molar-refractivity contribution in [3.63, 3.8) is 0 Å². The summed E-state index contributed by atoms with van der Waals surface area (Å²) in [7, 11) is -7.09. The summed E-state index contributed by atoms with van der Waals surface area (Å²) >= 11 is 0. The fraction of sp³-hybridized carbons (Fsp3) is 0.111. The lowest BCUT2D eigenvalue weighted by Gasteiger charge is -2.09. The smallest absolute Gasteiger partial charge is 0.261 e. The highest BCUT2D eigenvalue weighted by molar-refractivity contribution is 7.92. The van der Waals surface area contributed by atoms with Gasteiger partial charge in [0.15, 0.2) is 14.9 Å². The van der Waals surface area contributed by atoms with Gasteiger partial charge in [-0.2, -0.15) is 0 Å². The highest BCUT2D eigenvalue weighted by Gasteiger charge is 2.14. The average Bonchev–Trinajstić information content (AvgIpc) is 2.61. The molecule has 3 aromatic rings. The fourth-order valence-electron chi connectivity index (χ4n) is 2.38. The molecule has 0 fully saturated rings. The van der Waals surface area contributed by atoms with Gasteiger partial charge < -0.3 is 0 Å². The summed E-state index contributed by atoms with van der Waals surface area (Å²) in [5, 5.41) is 7.51. The van der Waals surface area contributed by atoms with Gasteiger partial charge in [-0.15, -0.1) is 10.2 Å². The molecule has 1 aromatic heterocycles. The van der Waals surface area contributed by atoms with Crippen molar-refractivity contribution >= 4 is 25.5 Å². The summed E-state index contributed by atoms with van der Waals surface area (Å²) < 4.78 is 50.3. The second kappa shape index (κ2) is 7.09. The van der Waals surface area contributed by atoms with Gasteiger partial charge in [-0.1, -0.05) is 24.3 Å². The van der Waals surface area contributed by atoms with Crippen LogP contribution in [0.1, 0.15) is 5.56 Å². The van der Waals surface area contributed by atoms with Gasteiger partial charge in [0, 0.05) is 17.5 Å². The average molecular weight is 403 g/mol. The summed E-state index contributed by atoms with van der Waals surface area (Å²) in [6, 6.07) is 16.1. The second-order valence-corrected chi connectivity index (χ2v) is 9.67. The Balaban J connectivity index is 1.81. The molecular weight excluding hydrogens is 386 g/mol. The van der Waals surface area contributed by atoms with Gasteiger partial charge in [-0.3, -0.25) is 4.72 Å². The zero-order valence-electron chi connectivity index (χ0n) is 14.6. The van der Waals surface area contributed by atoms with E-state index in [4.69, 9.17) is 0 Å². The van der Waals surface area contributed by atoms with Crippen LogP contribution in [0.25, 0.3) is 11.3 Å². The van der Waals surface area contributed by atoms with Gasteiger partial charge in [0.1, 0.15) is 0 Å². The number of sulfonamides is 1. The number of benzene rings is 2. The Morgan fingerprint density at radius 1 is 0.852 bits per heavy atom. The minimum absolute atomic E-state index is 0.103. The minimum atomic E-state index is -3.68. The third-order valence-electron chi connectivity index (χ3n) is 3.75. The number of hydrogen-bond acceptors (Lipinski definition) is 6. The van der Waals surface area contributed by atoms with E-state index in [-0.39, 0.29) is 9.92 Å². The van der Waals surface area contributed by atoms with Crippen LogP contribution < -0.4 is 4.72 Å². The zero-order chi connectivity index (χ0) is 19.7. The predicted molar refractivity (Wildman–Crippen MR) is 103 cm³/mol. The van der Waals surface area contributed by atoms with Crippen LogP contribution in [-0.4, -0.2) is 33.3 Å². The highest BCUT2D eigenvalue weighted by Crippen LogP contribution is 2.22. The number of nitrogens with one attached hydrogen (secondary N) is 1. The number of aromatic nitrogens is 2. The molecule has 0 amide bonds. The van der Waals surface area contributed by atoms with E-state index < -0.39 is 19.9 Å². The van der Waals surface area contributed by atoms with E-state index in [9.17, 15) is 16.8 Å². The molecule has 7 nitrogen and oxygen atoms in total. The van der Waals surface area contributed by atoms with Crippen LogP contribution in [0.3, 0.4) is 0 Å². The van der Waals surface area contributed by atoms with Crippen molar-refractivity contribution in [3.8, 4) is 11.3 Å². The standard InChI is InChI=1S/C18H17N3O4S2/c1-13-4-3-5-16(12-13)27(24,25)21-15-8-6-14(7-9-15)17-10-11-18(20-19-17)26(2,22)23/h3-12,21H,1-2H3. The number of rotatable bonds is 5. The first-order valence-electron chi connectivity index (χ1n) is 7.89. The molecule has 0 atom stereocenters. The van der Waals surface area contributed by atoms with Gasteiger partial charge in [-0.25, -0.2) is 16.8 Å². The van der Waals surface area contributed by atoms with Gasteiger partial charge >= 0.3 is 0 Å². The lowest BCUT2D eigenvalue weighted by Crippen LogP contribution is -2.12. The molecule has 2 aromatic carbocycles. The fourth-order valence-corrected chi connectivity index (χ4v) is 4.04. The maximum atomic E-state index is 12.4. The summed E-state index contributed by atoms with van der Waals surface area (Å²) in [6.07, 6.45) is 1.06. The van der Waals surface area contributed by atoms with Crippen molar-refractivity contribution in [3.05, 3.63) is 66.2 Å². The Bertz CT molecular complexity index is 1170. The van der Waals surface area contributed by atoms with Crippen LogP contribution in [0.4, 0.5) is 5.69 Å². The maximum Gasteiger partial charge on any atom is 0.261 e. The number of aryl methyl sites for hydroxylation is 1. The topological polar surface area (TPSA) is 106 Å². The van der Waals surface area contributed by atoms with Gasteiger partial charge in [0.25, 0.3) is 10.0 Å². The summed E-state index contributed by atoms with van der Waals surface area (Å²) in [6.45, 7) is 1.82. The van der Waals surface area contributed by atoms with Crippen LogP contribution in [0, 0.1) is 6.92 Å². The highest BCUT2D eigenvalue weighted by atomic mass is 32.2. The molecule has 0 aliphatic heterocycles. The van der Waals surface area contributed by atoms with Crippen molar-refractivity contribution in [1.82, 2.24) is 10.2 Å². The quantitative estimate of drug-likeness (QED) is 0.702. The molecule has 0 aliphatic carbocycles. The van der Waals surface area contributed by atoms with E-state index in [0.29, 0.717) is 16.9 Å². The van der Waals surface area contributed by atoms with Crippen molar-refractivity contribution < 1.29 is 16.8 Å². The molecule has 0 unspecified atom stereocenters. The Kier molecular flexibility index (Phi) is 4.99. The summed E-state index contributed by atoms with van der Waals surface area (Å²) in [5.41, 5.74) is 2.42. The van der Waals surface area contributed by atoms with E-state index in [1.54, 1.807) is 42.5 Å². The van der Waals surface area contributed by atoms with Crippen LogP contribution in [0.2, 0.25) is 0 Å². The molecule has 1 N–H and O–H groups in total. The first-order valence-corrected chi connectivity index (χ1v) is 11.3. The lowest BCUT2D eigenvalue weighted by molar-refractivity contribution is 0.595. The number of anilines is 1. The Morgan fingerprint density at radius 3 is 2.11 bits per heavy atom. The van der Waals surface area contributed by atoms with E-state index in [2.05, 4.69) is 14.9 Å². The second-order valence-electron chi connectivity index (χ2n) is 6.03. The SMILES string of the molecule is Cc1cccc(S(=O)(=O)Nc2ccc(-c3ccc(S(C)(=O)=O)nn3)cc2)c1. The van der Waals surface area contributed by atoms with E-state index >= 15 is 0 Å². The third-order valence-corrected chi connectivity index (χ3v) is 6.11. The van der Waals surface area contributed by atoms with Crippen molar-refractivity contribution in [2.24, 2.45) is 0 Å². The molecule has 27 heavy (non-hydrogen) atoms. The molecule has 9 heteroatoms. The number of hydrogen-bond donors (Lipinski definition) is 1. The van der Waals surface area contributed by atoms with Gasteiger partial charge in [0.05, 0.1) is 10.6 Å². The van der Waals surface area contributed by atoms with Crippen molar-refractivity contribution in [2.75, 3.05) is 11.0 Å². The van der Waals surface area contributed by atoms with E-state index in [0.717, 1.165) is 11.8 Å². The molecular formula is C18H17N3O4S2. The van der Waals surface area contributed by atoms with Crippen LogP contribution >= 0.6 is 0 Å². The summed E-state index contributed by atoms with van der Waals surface area (Å²) in [5.74, 6) is 0. The molecule has 0 aliphatic rings. The van der Waals surface area contributed by atoms with Crippen LogP contribution in [0.5, 0.6) is 0 Å².